The lowest BCUT2D eigenvalue weighted by Crippen LogP contribution is -2.39. The Balaban J connectivity index is 0. The normalized spacial score (nSPS) is 13.0. The van der Waals surface area contributed by atoms with E-state index >= 15 is 0 Å². The summed E-state index contributed by atoms with van der Waals surface area (Å²) in [6, 6.07) is 0. The highest BCUT2D eigenvalue weighted by atomic mass is 16.7. The molecule has 0 bridgehead atoms. The number of imide groups is 1. The Kier molecular flexibility index (Phi) is 11.8. The zero-order valence-electron chi connectivity index (χ0n) is 14.9. The first kappa shape index (κ1) is 23.7. The van der Waals surface area contributed by atoms with Crippen molar-refractivity contribution in [1.82, 2.24) is 10.4 Å². The number of amides is 3. The van der Waals surface area contributed by atoms with Gasteiger partial charge in [-0.15, -0.1) is 17.9 Å². The molecule has 24 heavy (non-hydrogen) atoms. The van der Waals surface area contributed by atoms with E-state index in [1.54, 1.807) is 20.8 Å². The maximum atomic E-state index is 11.3. The molecule has 0 aromatic rings. The number of carbonyl (C=O) groups is 4. The first-order valence-electron chi connectivity index (χ1n) is 7.47. The van der Waals surface area contributed by atoms with Crippen molar-refractivity contribution in [1.29, 1.82) is 0 Å². The van der Waals surface area contributed by atoms with Crippen LogP contribution in [0.1, 0.15) is 53.9 Å². The van der Waals surface area contributed by atoms with Crippen LogP contribution in [0.2, 0.25) is 0 Å². The van der Waals surface area contributed by atoms with Gasteiger partial charge < -0.3 is 14.9 Å². The van der Waals surface area contributed by atoms with Crippen molar-refractivity contribution in [2.45, 2.75) is 59.5 Å². The van der Waals surface area contributed by atoms with Gasteiger partial charge in [-0.2, -0.15) is 0 Å². The summed E-state index contributed by atoms with van der Waals surface area (Å²) >= 11 is 0. The number of ether oxygens (including phenoxy) is 1. The minimum Gasteiger partial charge on any atom is -0.444 e. The highest BCUT2D eigenvalue weighted by Gasteiger charge is 2.32. The summed E-state index contributed by atoms with van der Waals surface area (Å²) in [7, 11) is 0. The second-order valence-electron chi connectivity index (χ2n) is 5.61. The van der Waals surface area contributed by atoms with Gasteiger partial charge in [0, 0.05) is 12.8 Å². The van der Waals surface area contributed by atoms with Gasteiger partial charge in [0.25, 0.3) is 11.8 Å². The molecule has 1 aliphatic heterocycles. The fourth-order valence-electron chi connectivity index (χ4n) is 1.25. The number of terminal acetylenes is 1. The Hall–Kier alpha value is -2.56. The van der Waals surface area contributed by atoms with Crippen LogP contribution in [0.15, 0.2) is 0 Å². The molecule has 0 aliphatic carbocycles. The highest BCUT2D eigenvalue weighted by molar-refractivity contribution is 6.01. The summed E-state index contributed by atoms with van der Waals surface area (Å²) in [5, 5.41) is 2.57. The third-order valence-electron chi connectivity index (χ3n) is 1.97. The molecule has 1 fully saturated rings. The molecule has 1 saturated heterocycles. The van der Waals surface area contributed by atoms with Crippen LogP contribution in [-0.2, 0) is 24.0 Å². The van der Waals surface area contributed by atoms with E-state index in [1.807, 2.05) is 0 Å². The van der Waals surface area contributed by atoms with Crippen LogP contribution in [0.5, 0.6) is 0 Å². The summed E-state index contributed by atoms with van der Waals surface area (Å²) in [6.45, 7) is 8.78. The number of rotatable bonds is 3. The number of hydroxylamine groups is 2. The molecule has 8 heteroatoms. The van der Waals surface area contributed by atoms with E-state index in [2.05, 4.69) is 36.8 Å². The van der Waals surface area contributed by atoms with Crippen LogP contribution in [-0.4, -0.2) is 41.1 Å². The quantitative estimate of drug-likeness (QED) is 0.619. The minimum atomic E-state index is -0.922. The molecular formula is C16H26N2O6. The van der Waals surface area contributed by atoms with Crippen LogP contribution in [0.4, 0.5) is 4.79 Å². The molecule has 1 N–H and O–H groups in total. The van der Waals surface area contributed by atoms with Crippen molar-refractivity contribution in [2.75, 3.05) is 6.54 Å². The zero-order valence-corrected chi connectivity index (χ0v) is 14.9. The first-order valence-corrected chi connectivity index (χ1v) is 7.47. The van der Waals surface area contributed by atoms with Gasteiger partial charge in [-0.1, -0.05) is 20.3 Å². The standard InChI is InChI=1S/C11H16N2O6.C3H8.C2H2/c1-11(2,3)18-10(17)12-6-9(16)19-13-7(14)4-5-8(13)15;1-3-2;1-2/h4-6H2,1-3H3,(H,12,17);3H2,1-2H3;1-2H. The lowest BCUT2D eigenvalue weighted by molar-refractivity contribution is -0.196. The van der Waals surface area contributed by atoms with Crippen LogP contribution in [0, 0.1) is 12.8 Å². The van der Waals surface area contributed by atoms with Crippen molar-refractivity contribution in [3.8, 4) is 12.8 Å². The van der Waals surface area contributed by atoms with Gasteiger partial charge >= 0.3 is 12.1 Å². The number of hydrogen-bond donors (Lipinski definition) is 1. The molecule has 0 radical (unpaired) electrons. The van der Waals surface area contributed by atoms with E-state index in [0.717, 1.165) is 0 Å². The SMILES string of the molecule is C#C.CC(C)(C)OC(=O)NCC(=O)ON1C(=O)CCC1=O.CCC. The molecule has 0 spiro atoms. The van der Waals surface area contributed by atoms with E-state index in [4.69, 9.17) is 4.74 Å². The number of nitrogens with one attached hydrogen (secondary N) is 1. The van der Waals surface area contributed by atoms with E-state index in [0.29, 0.717) is 5.06 Å². The molecule has 0 unspecified atom stereocenters. The Labute approximate surface area is 142 Å². The summed E-state index contributed by atoms with van der Waals surface area (Å²) in [4.78, 5) is 49.4. The molecule has 0 saturated carbocycles. The van der Waals surface area contributed by atoms with Crippen molar-refractivity contribution >= 4 is 23.9 Å². The Morgan fingerprint density at radius 2 is 1.54 bits per heavy atom. The van der Waals surface area contributed by atoms with E-state index in [1.165, 1.54) is 6.42 Å². The second-order valence-corrected chi connectivity index (χ2v) is 5.61. The first-order chi connectivity index (χ1) is 11.1. The third kappa shape index (κ3) is 11.1. The fourth-order valence-corrected chi connectivity index (χ4v) is 1.25. The van der Waals surface area contributed by atoms with Gasteiger partial charge in [-0.25, -0.2) is 9.59 Å². The smallest absolute Gasteiger partial charge is 0.408 e. The van der Waals surface area contributed by atoms with Crippen LogP contribution in [0.25, 0.3) is 0 Å². The summed E-state index contributed by atoms with van der Waals surface area (Å²) in [5.74, 6) is -2.07. The Bertz CT molecular complexity index is 449. The van der Waals surface area contributed by atoms with Gasteiger partial charge in [0.2, 0.25) is 0 Å². The molecule has 3 amide bonds. The second kappa shape index (κ2) is 11.9. The van der Waals surface area contributed by atoms with Crippen molar-refractivity contribution in [3.63, 3.8) is 0 Å². The van der Waals surface area contributed by atoms with E-state index in [9.17, 15) is 19.2 Å². The molecule has 0 atom stereocenters. The van der Waals surface area contributed by atoms with E-state index in [-0.39, 0.29) is 12.8 Å². The number of alkyl carbamates (subject to hydrolysis) is 1. The predicted molar refractivity (Wildman–Crippen MR) is 87.3 cm³/mol. The van der Waals surface area contributed by atoms with Crippen molar-refractivity contribution in [3.05, 3.63) is 0 Å². The lowest BCUT2D eigenvalue weighted by Gasteiger charge is -2.19. The minimum absolute atomic E-state index is 0.0195. The fraction of sp³-hybridized carbons (Fsp3) is 0.625. The Morgan fingerprint density at radius 3 is 1.92 bits per heavy atom. The summed E-state index contributed by atoms with van der Waals surface area (Å²) < 4.78 is 4.90. The molecule has 8 nitrogen and oxygen atoms in total. The average Bonchev–Trinajstić information content (AvgIpc) is 2.78. The van der Waals surface area contributed by atoms with E-state index < -0.39 is 36.0 Å². The Morgan fingerprint density at radius 1 is 1.12 bits per heavy atom. The molecular weight excluding hydrogens is 316 g/mol. The summed E-state index contributed by atoms with van der Waals surface area (Å²) in [5.41, 5.74) is -0.686. The van der Waals surface area contributed by atoms with Crippen LogP contribution < -0.4 is 5.32 Å². The molecule has 0 aromatic heterocycles. The largest absolute Gasteiger partial charge is 0.444 e. The van der Waals surface area contributed by atoms with Crippen LogP contribution >= 0.6 is 0 Å². The van der Waals surface area contributed by atoms with Gasteiger partial charge in [-0.05, 0) is 20.8 Å². The molecule has 136 valence electrons. The number of carbonyl (C=O) groups excluding carboxylic acids is 4. The predicted octanol–water partition coefficient (Wildman–Crippen LogP) is 1.78. The zero-order chi connectivity index (χ0) is 19.3. The molecule has 1 rings (SSSR count). The lowest BCUT2D eigenvalue weighted by atomic mass is 10.2. The molecule has 1 heterocycles. The third-order valence-corrected chi connectivity index (χ3v) is 1.97. The highest BCUT2D eigenvalue weighted by Crippen LogP contribution is 2.12. The monoisotopic (exact) mass is 342 g/mol. The maximum Gasteiger partial charge on any atom is 0.408 e. The van der Waals surface area contributed by atoms with Gasteiger partial charge in [-0.3, -0.25) is 9.59 Å². The van der Waals surface area contributed by atoms with Crippen molar-refractivity contribution < 1.29 is 28.8 Å². The van der Waals surface area contributed by atoms with Crippen molar-refractivity contribution in [2.24, 2.45) is 0 Å². The average molecular weight is 342 g/mol. The van der Waals surface area contributed by atoms with Gasteiger partial charge in [0.15, 0.2) is 0 Å². The number of hydrogen-bond acceptors (Lipinski definition) is 6. The molecule has 0 aromatic carbocycles. The number of nitrogens with zero attached hydrogens (tertiary/aromatic N) is 1. The van der Waals surface area contributed by atoms with Gasteiger partial charge in [0.05, 0.1) is 0 Å². The van der Waals surface area contributed by atoms with Crippen LogP contribution in [0.3, 0.4) is 0 Å². The summed E-state index contributed by atoms with van der Waals surface area (Å²) in [6.07, 6.45) is 8.50. The van der Waals surface area contributed by atoms with Gasteiger partial charge in [0.1, 0.15) is 12.1 Å². The molecule has 1 aliphatic rings. The maximum absolute atomic E-state index is 11.3. The topological polar surface area (TPSA) is 102 Å².